The Labute approximate surface area is 168 Å². The maximum Gasteiger partial charge on any atom is 0.412 e. The number of benzene rings is 3. The first kappa shape index (κ1) is 19.9. The van der Waals surface area contributed by atoms with Crippen LogP contribution in [0.15, 0.2) is 78.9 Å². The molecule has 3 aromatic rings. The van der Waals surface area contributed by atoms with Crippen LogP contribution in [-0.4, -0.2) is 25.2 Å². The topological polar surface area (TPSA) is 73.9 Å². The lowest BCUT2D eigenvalue weighted by Crippen LogP contribution is -2.30. The number of hydrogen-bond acceptors (Lipinski definition) is 5. The third kappa shape index (κ3) is 5.59. The fourth-order valence-corrected chi connectivity index (χ4v) is 2.57. The van der Waals surface area contributed by atoms with Crippen LogP contribution in [0.1, 0.15) is 6.92 Å². The molecular formula is C23H21NO5. The molecule has 3 aromatic carbocycles. The van der Waals surface area contributed by atoms with Crippen molar-refractivity contribution in [3.8, 4) is 17.2 Å². The van der Waals surface area contributed by atoms with E-state index in [-0.39, 0.29) is 13.2 Å². The standard InChI is InChI=1S/C23H21NO5/c1-16(2)22(25)27-14-13-24-23(26)29-21-10-6-7-17-15-19(11-12-20(17)21)28-18-8-4-3-5-9-18/h3-12,15H,1,13-14H2,2H3,(H,24,26). The molecule has 0 aliphatic carbocycles. The minimum atomic E-state index is -0.631. The summed E-state index contributed by atoms with van der Waals surface area (Å²) in [5.41, 5.74) is 0.305. The quantitative estimate of drug-likeness (QED) is 0.354. The lowest BCUT2D eigenvalue weighted by Gasteiger charge is -2.11. The lowest BCUT2D eigenvalue weighted by molar-refractivity contribution is -0.138. The SMILES string of the molecule is C=C(C)C(=O)OCCNC(=O)Oc1cccc2cc(Oc3ccccc3)ccc12. The third-order valence-electron chi connectivity index (χ3n) is 3.95. The molecule has 6 heteroatoms. The van der Waals surface area contributed by atoms with Gasteiger partial charge in [-0.05, 0) is 48.7 Å². The molecule has 0 atom stereocenters. The summed E-state index contributed by atoms with van der Waals surface area (Å²) in [5, 5.41) is 4.19. The van der Waals surface area contributed by atoms with Gasteiger partial charge in [-0.1, -0.05) is 36.9 Å². The predicted molar refractivity (Wildman–Crippen MR) is 110 cm³/mol. The maximum atomic E-state index is 12.0. The summed E-state index contributed by atoms with van der Waals surface area (Å²) >= 11 is 0. The Bertz CT molecular complexity index is 1030. The van der Waals surface area contributed by atoms with E-state index in [1.807, 2.05) is 54.6 Å². The van der Waals surface area contributed by atoms with Gasteiger partial charge in [0.15, 0.2) is 0 Å². The van der Waals surface area contributed by atoms with Crippen molar-refractivity contribution in [2.45, 2.75) is 6.92 Å². The highest BCUT2D eigenvalue weighted by Gasteiger charge is 2.09. The van der Waals surface area contributed by atoms with E-state index < -0.39 is 12.1 Å². The summed E-state index contributed by atoms with van der Waals surface area (Å²) < 4.78 is 16.1. The molecule has 0 bridgehead atoms. The highest BCUT2D eigenvalue weighted by molar-refractivity contribution is 5.91. The molecule has 148 valence electrons. The molecule has 29 heavy (non-hydrogen) atoms. The van der Waals surface area contributed by atoms with Crippen LogP contribution in [0.3, 0.4) is 0 Å². The van der Waals surface area contributed by atoms with E-state index in [0.717, 1.165) is 16.5 Å². The number of rotatable bonds is 7. The van der Waals surface area contributed by atoms with Gasteiger partial charge in [-0.3, -0.25) is 0 Å². The smallest absolute Gasteiger partial charge is 0.412 e. The van der Waals surface area contributed by atoms with Gasteiger partial charge in [-0.15, -0.1) is 0 Å². The van der Waals surface area contributed by atoms with Gasteiger partial charge in [0.1, 0.15) is 23.9 Å². The Morgan fingerprint density at radius 1 is 0.966 bits per heavy atom. The van der Waals surface area contributed by atoms with Gasteiger partial charge < -0.3 is 19.5 Å². The van der Waals surface area contributed by atoms with Crippen LogP contribution in [-0.2, 0) is 9.53 Å². The average Bonchev–Trinajstić information content (AvgIpc) is 2.72. The van der Waals surface area contributed by atoms with Gasteiger partial charge in [0.25, 0.3) is 0 Å². The van der Waals surface area contributed by atoms with Crippen molar-refractivity contribution in [2.24, 2.45) is 0 Å². The number of fused-ring (bicyclic) bond motifs is 1. The Kier molecular flexibility index (Phi) is 6.47. The zero-order valence-corrected chi connectivity index (χ0v) is 16.0. The van der Waals surface area contributed by atoms with Crippen molar-refractivity contribution in [3.63, 3.8) is 0 Å². The summed E-state index contributed by atoms with van der Waals surface area (Å²) in [7, 11) is 0. The maximum absolute atomic E-state index is 12.0. The van der Waals surface area contributed by atoms with E-state index in [4.69, 9.17) is 14.2 Å². The molecule has 0 fully saturated rings. The van der Waals surface area contributed by atoms with E-state index >= 15 is 0 Å². The largest absolute Gasteiger partial charge is 0.460 e. The highest BCUT2D eigenvalue weighted by atomic mass is 16.6. The molecule has 0 aliphatic rings. The summed E-state index contributed by atoms with van der Waals surface area (Å²) in [4.78, 5) is 23.3. The highest BCUT2D eigenvalue weighted by Crippen LogP contribution is 2.30. The van der Waals surface area contributed by atoms with Crippen molar-refractivity contribution in [1.29, 1.82) is 0 Å². The second-order valence-corrected chi connectivity index (χ2v) is 6.29. The van der Waals surface area contributed by atoms with Gasteiger partial charge in [0, 0.05) is 11.0 Å². The molecule has 6 nitrogen and oxygen atoms in total. The van der Waals surface area contributed by atoms with E-state index in [2.05, 4.69) is 11.9 Å². The number of carbonyl (C=O) groups is 2. The van der Waals surface area contributed by atoms with Crippen LogP contribution in [0.5, 0.6) is 17.2 Å². The Hall–Kier alpha value is -3.80. The molecule has 1 N–H and O–H groups in total. The molecule has 0 saturated carbocycles. The molecule has 0 heterocycles. The van der Waals surface area contributed by atoms with Gasteiger partial charge in [0.05, 0.1) is 6.54 Å². The Morgan fingerprint density at radius 3 is 2.52 bits per heavy atom. The van der Waals surface area contributed by atoms with Crippen molar-refractivity contribution in [2.75, 3.05) is 13.2 Å². The molecule has 0 radical (unpaired) electrons. The summed E-state index contributed by atoms with van der Waals surface area (Å²) in [5.74, 6) is 1.35. The predicted octanol–water partition coefficient (Wildman–Crippen LogP) is 4.84. The normalized spacial score (nSPS) is 10.2. The summed E-state index contributed by atoms with van der Waals surface area (Å²) in [6.45, 7) is 5.22. The van der Waals surface area contributed by atoms with Gasteiger partial charge in [-0.2, -0.15) is 0 Å². The average molecular weight is 391 g/mol. The van der Waals surface area contributed by atoms with E-state index in [9.17, 15) is 9.59 Å². The van der Waals surface area contributed by atoms with Crippen LogP contribution in [0.2, 0.25) is 0 Å². The first-order valence-electron chi connectivity index (χ1n) is 9.07. The molecule has 0 saturated heterocycles. The van der Waals surface area contributed by atoms with Crippen LogP contribution >= 0.6 is 0 Å². The van der Waals surface area contributed by atoms with Crippen LogP contribution in [0.4, 0.5) is 4.79 Å². The van der Waals surface area contributed by atoms with E-state index in [0.29, 0.717) is 17.1 Å². The number of hydrogen-bond donors (Lipinski definition) is 1. The minimum absolute atomic E-state index is 0.0382. The molecule has 1 amide bonds. The van der Waals surface area contributed by atoms with Gasteiger partial charge in [-0.25, -0.2) is 9.59 Å². The number of para-hydroxylation sites is 1. The van der Waals surface area contributed by atoms with Crippen LogP contribution in [0, 0.1) is 0 Å². The van der Waals surface area contributed by atoms with E-state index in [1.165, 1.54) is 0 Å². The summed E-state index contributed by atoms with van der Waals surface area (Å²) in [6, 6.07) is 20.4. The van der Waals surface area contributed by atoms with Crippen molar-refractivity contribution < 1.29 is 23.8 Å². The molecular weight excluding hydrogens is 370 g/mol. The Balaban J connectivity index is 1.61. The Morgan fingerprint density at radius 2 is 1.76 bits per heavy atom. The van der Waals surface area contributed by atoms with Gasteiger partial charge in [0.2, 0.25) is 0 Å². The number of ether oxygens (including phenoxy) is 3. The first-order valence-corrected chi connectivity index (χ1v) is 9.07. The molecule has 0 aliphatic heterocycles. The second kappa shape index (κ2) is 9.41. The number of carbonyl (C=O) groups excluding carboxylic acids is 2. The van der Waals surface area contributed by atoms with Crippen LogP contribution in [0.25, 0.3) is 10.8 Å². The second-order valence-electron chi connectivity index (χ2n) is 6.29. The first-order chi connectivity index (χ1) is 14.0. The molecule has 0 unspecified atom stereocenters. The number of nitrogens with one attached hydrogen (secondary N) is 1. The van der Waals surface area contributed by atoms with Crippen LogP contribution < -0.4 is 14.8 Å². The number of amides is 1. The fourth-order valence-electron chi connectivity index (χ4n) is 2.57. The van der Waals surface area contributed by atoms with Crippen molar-refractivity contribution in [3.05, 3.63) is 78.9 Å². The molecule has 0 spiro atoms. The van der Waals surface area contributed by atoms with Crippen molar-refractivity contribution >= 4 is 22.8 Å². The fraction of sp³-hybridized carbons (Fsp3) is 0.130. The third-order valence-corrected chi connectivity index (χ3v) is 3.95. The zero-order valence-electron chi connectivity index (χ0n) is 16.0. The number of esters is 1. The molecule has 0 aromatic heterocycles. The monoisotopic (exact) mass is 391 g/mol. The molecule has 3 rings (SSSR count). The van der Waals surface area contributed by atoms with Gasteiger partial charge >= 0.3 is 12.1 Å². The van der Waals surface area contributed by atoms with E-state index in [1.54, 1.807) is 19.1 Å². The summed E-state index contributed by atoms with van der Waals surface area (Å²) in [6.07, 6.45) is -0.631. The minimum Gasteiger partial charge on any atom is -0.460 e. The van der Waals surface area contributed by atoms with Crippen molar-refractivity contribution in [1.82, 2.24) is 5.32 Å². The lowest BCUT2D eigenvalue weighted by atomic mass is 10.1. The zero-order chi connectivity index (χ0) is 20.6.